The number of nitrogens with zero attached hydrogens (tertiary/aromatic N) is 2. The van der Waals surface area contributed by atoms with Crippen LogP contribution in [-0.4, -0.2) is 28.9 Å². The van der Waals surface area contributed by atoms with Crippen LogP contribution >= 0.6 is 0 Å². The van der Waals surface area contributed by atoms with E-state index in [1.165, 1.54) is 0 Å². The van der Waals surface area contributed by atoms with Crippen LogP contribution in [0.25, 0.3) is 0 Å². The van der Waals surface area contributed by atoms with Crippen LogP contribution in [0.5, 0.6) is 0 Å². The molecule has 0 atom stereocenters. The van der Waals surface area contributed by atoms with Gasteiger partial charge in [-0.2, -0.15) is 0 Å². The normalized spacial score (nSPS) is 18.4. The first-order chi connectivity index (χ1) is 10.1. The minimum absolute atomic E-state index is 0.0157. The maximum absolute atomic E-state index is 13.8. The highest BCUT2D eigenvalue weighted by atomic mass is 19.1. The zero-order chi connectivity index (χ0) is 16.5. The van der Waals surface area contributed by atoms with E-state index in [2.05, 4.69) is 32.7 Å². The molecule has 1 fully saturated rings. The Balaban J connectivity index is 2.04. The van der Waals surface area contributed by atoms with E-state index in [4.69, 9.17) is 0 Å². The number of halogens is 1. The molecule has 0 N–H and O–H groups in total. The summed E-state index contributed by atoms with van der Waals surface area (Å²) in [6.45, 7) is 11.5. The lowest BCUT2D eigenvalue weighted by Crippen LogP contribution is -2.44. The SMILES string of the molecule is Cc1ncc(C2(C)CCN(C(=O)CC(C)(C)C)CC2)cc1F. The summed E-state index contributed by atoms with van der Waals surface area (Å²) >= 11 is 0. The molecule has 1 amide bonds. The Morgan fingerprint density at radius 2 is 1.95 bits per heavy atom. The van der Waals surface area contributed by atoms with Crippen molar-refractivity contribution in [3.05, 3.63) is 29.3 Å². The number of carbonyl (C=O) groups is 1. The lowest BCUT2D eigenvalue weighted by Gasteiger charge is -2.40. The van der Waals surface area contributed by atoms with Crippen LogP contribution in [0.15, 0.2) is 12.3 Å². The fraction of sp³-hybridized carbons (Fsp3) is 0.667. The molecule has 122 valence electrons. The van der Waals surface area contributed by atoms with E-state index in [-0.39, 0.29) is 22.6 Å². The largest absolute Gasteiger partial charge is 0.343 e. The van der Waals surface area contributed by atoms with Crippen molar-refractivity contribution in [3.63, 3.8) is 0 Å². The Kier molecular flexibility index (Phi) is 4.59. The summed E-state index contributed by atoms with van der Waals surface area (Å²) < 4.78 is 13.8. The molecule has 1 aromatic heterocycles. The van der Waals surface area contributed by atoms with Gasteiger partial charge >= 0.3 is 0 Å². The molecule has 0 radical (unpaired) electrons. The second kappa shape index (κ2) is 5.98. The molecule has 1 saturated heterocycles. The number of carbonyl (C=O) groups excluding carboxylic acids is 1. The van der Waals surface area contributed by atoms with Gasteiger partial charge in [0.2, 0.25) is 5.91 Å². The van der Waals surface area contributed by atoms with Crippen LogP contribution in [-0.2, 0) is 10.2 Å². The monoisotopic (exact) mass is 306 g/mol. The molecule has 0 aromatic carbocycles. The van der Waals surface area contributed by atoms with Gasteiger partial charge in [0.05, 0.1) is 5.69 Å². The highest BCUT2D eigenvalue weighted by Crippen LogP contribution is 2.35. The van der Waals surface area contributed by atoms with Crippen LogP contribution < -0.4 is 0 Å². The molecule has 2 rings (SSSR count). The first-order valence-electron chi connectivity index (χ1n) is 8.01. The van der Waals surface area contributed by atoms with Crippen molar-refractivity contribution < 1.29 is 9.18 Å². The Morgan fingerprint density at radius 3 is 2.45 bits per heavy atom. The number of likely N-dealkylation sites (tertiary alicyclic amines) is 1. The van der Waals surface area contributed by atoms with Gasteiger partial charge in [-0.3, -0.25) is 9.78 Å². The summed E-state index contributed by atoms with van der Waals surface area (Å²) in [4.78, 5) is 18.4. The van der Waals surface area contributed by atoms with Gasteiger partial charge in [0.15, 0.2) is 0 Å². The zero-order valence-electron chi connectivity index (χ0n) is 14.4. The summed E-state index contributed by atoms with van der Waals surface area (Å²) in [5, 5.41) is 0. The summed E-state index contributed by atoms with van der Waals surface area (Å²) in [6, 6.07) is 1.61. The van der Waals surface area contributed by atoms with Crippen LogP contribution in [0.4, 0.5) is 4.39 Å². The van der Waals surface area contributed by atoms with Crippen molar-refractivity contribution in [1.29, 1.82) is 0 Å². The van der Waals surface area contributed by atoms with Crippen molar-refractivity contribution in [1.82, 2.24) is 9.88 Å². The third kappa shape index (κ3) is 3.84. The van der Waals surface area contributed by atoms with Crippen LogP contribution in [0.3, 0.4) is 0 Å². The predicted molar refractivity (Wildman–Crippen MR) is 86.2 cm³/mol. The number of piperidine rings is 1. The summed E-state index contributed by atoms with van der Waals surface area (Å²) in [6.07, 6.45) is 4.07. The Labute approximate surface area is 132 Å². The molecular weight excluding hydrogens is 279 g/mol. The van der Waals surface area contributed by atoms with Gasteiger partial charge in [-0.25, -0.2) is 4.39 Å². The Bertz CT molecular complexity index is 555. The van der Waals surface area contributed by atoms with Crippen LogP contribution in [0.1, 0.15) is 58.2 Å². The molecule has 22 heavy (non-hydrogen) atoms. The van der Waals surface area contributed by atoms with E-state index in [1.807, 2.05) is 4.90 Å². The number of amides is 1. The third-order valence-electron chi connectivity index (χ3n) is 4.62. The highest BCUT2D eigenvalue weighted by molar-refractivity contribution is 5.77. The van der Waals surface area contributed by atoms with E-state index in [1.54, 1.807) is 19.2 Å². The summed E-state index contributed by atoms with van der Waals surface area (Å²) in [5.74, 6) is -0.0206. The number of hydrogen-bond donors (Lipinski definition) is 0. The summed E-state index contributed by atoms with van der Waals surface area (Å²) in [7, 11) is 0. The zero-order valence-corrected chi connectivity index (χ0v) is 14.4. The van der Waals surface area contributed by atoms with Gasteiger partial charge < -0.3 is 4.90 Å². The van der Waals surface area contributed by atoms with Gasteiger partial charge in [0.25, 0.3) is 0 Å². The minimum Gasteiger partial charge on any atom is -0.343 e. The molecular formula is C18H27FN2O. The van der Waals surface area contributed by atoms with Gasteiger partial charge in [-0.1, -0.05) is 27.7 Å². The Morgan fingerprint density at radius 1 is 1.36 bits per heavy atom. The average molecular weight is 306 g/mol. The fourth-order valence-electron chi connectivity index (χ4n) is 2.94. The van der Waals surface area contributed by atoms with E-state index >= 15 is 0 Å². The van der Waals surface area contributed by atoms with Gasteiger partial charge in [-0.15, -0.1) is 0 Å². The average Bonchev–Trinajstić information content (AvgIpc) is 2.40. The maximum Gasteiger partial charge on any atom is 0.223 e. The molecule has 0 aliphatic carbocycles. The van der Waals surface area contributed by atoms with Crippen LogP contribution in [0, 0.1) is 18.2 Å². The minimum atomic E-state index is -0.245. The number of hydrogen-bond acceptors (Lipinski definition) is 2. The molecule has 1 aliphatic rings. The molecule has 1 aromatic rings. The van der Waals surface area contributed by atoms with Gasteiger partial charge in [0, 0.05) is 25.7 Å². The summed E-state index contributed by atoms with van der Waals surface area (Å²) in [5.41, 5.74) is 1.30. The number of aromatic nitrogens is 1. The predicted octanol–water partition coefficient (Wildman–Crippen LogP) is 3.85. The highest BCUT2D eigenvalue weighted by Gasteiger charge is 2.34. The van der Waals surface area contributed by atoms with E-state index in [0.717, 1.165) is 31.5 Å². The van der Waals surface area contributed by atoms with E-state index in [0.29, 0.717) is 12.1 Å². The van der Waals surface area contributed by atoms with Crippen molar-refractivity contribution >= 4 is 5.91 Å². The van der Waals surface area contributed by atoms with E-state index < -0.39 is 0 Å². The molecule has 0 unspecified atom stereocenters. The first kappa shape index (κ1) is 16.9. The maximum atomic E-state index is 13.8. The lowest BCUT2D eigenvalue weighted by atomic mass is 9.75. The van der Waals surface area contributed by atoms with Crippen molar-refractivity contribution in [3.8, 4) is 0 Å². The Hall–Kier alpha value is -1.45. The topological polar surface area (TPSA) is 33.2 Å². The van der Waals surface area contributed by atoms with Crippen LogP contribution in [0.2, 0.25) is 0 Å². The third-order valence-corrected chi connectivity index (χ3v) is 4.62. The van der Waals surface area contributed by atoms with Crippen molar-refractivity contribution in [2.75, 3.05) is 13.1 Å². The number of rotatable bonds is 2. The molecule has 0 saturated carbocycles. The molecule has 3 nitrogen and oxygen atoms in total. The fourth-order valence-corrected chi connectivity index (χ4v) is 2.94. The lowest BCUT2D eigenvalue weighted by molar-refractivity contribution is -0.134. The smallest absolute Gasteiger partial charge is 0.223 e. The standard InChI is InChI=1S/C18H27FN2O/c1-13-15(19)10-14(12-20-13)18(5)6-8-21(9-7-18)16(22)11-17(2,3)4/h10,12H,6-9,11H2,1-5H3. The molecule has 4 heteroatoms. The van der Waals surface area contributed by atoms with Gasteiger partial charge in [0.1, 0.15) is 5.82 Å². The quantitative estimate of drug-likeness (QED) is 0.831. The molecule has 0 spiro atoms. The second-order valence-electron chi connectivity index (χ2n) is 7.97. The number of pyridine rings is 1. The van der Waals surface area contributed by atoms with E-state index in [9.17, 15) is 9.18 Å². The van der Waals surface area contributed by atoms with Gasteiger partial charge in [-0.05, 0) is 42.2 Å². The second-order valence-corrected chi connectivity index (χ2v) is 7.97. The van der Waals surface area contributed by atoms with Crippen molar-refractivity contribution in [2.24, 2.45) is 5.41 Å². The first-order valence-corrected chi connectivity index (χ1v) is 8.01. The molecule has 2 heterocycles. The number of aryl methyl sites for hydroxylation is 1. The molecule has 1 aliphatic heterocycles. The van der Waals surface area contributed by atoms with Crippen molar-refractivity contribution in [2.45, 2.75) is 59.3 Å². The molecule has 0 bridgehead atoms.